The number of hydrogen-bond donors (Lipinski definition) is 2. The molecular formula is C12H25N3O2. The van der Waals surface area contributed by atoms with Gasteiger partial charge in [0.25, 0.3) is 0 Å². The molecule has 5 nitrogen and oxygen atoms in total. The van der Waals surface area contributed by atoms with Crippen LogP contribution < -0.4 is 11.3 Å². The zero-order valence-corrected chi connectivity index (χ0v) is 11.3. The smallest absolute Gasteiger partial charge is 0.238 e. The molecule has 1 rings (SSSR count). The first-order valence-corrected chi connectivity index (χ1v) is 6.39. The molecule has 1 amide bonds. The summed E-state index contributed by atoms with van der Waals surface area (Å²) in [6.07, 6.45) is 1.27. The van der Waals surface area contributed by atoms with Crippen LogP contribution in [0.15, 0.2) is 0 Å². The van der Waals surface area contributed by atoms with Crippen molar-refractivity contribution >= 4 is 5.91 Å². The Hall–Kier alpha value is -0.650. The Bertz CT molecular complexity index is 260. The molecule has 0 spiro atoms. The number of nitrogens with one attached hydrogen (secondary N) is 1. The van der Waals surface area contributed by atoms with Gasteiger partial charge in [-0.3, -0.25) is 15.1 Å². The van der Waals surface area contributed by atoms with Gasteiger partial charge in [0.1, 0.15) is 0 Å². The summed E-state index contributed by atoms with van der Waals surface area (Å²) in [7, 11) is 0. The zero-order chi connectivity index (χ0) is 13.0. The fraction of sp³-hybridized carbons (Fsp3) is 0.917. The number of morpholine rings is 1. The maximum absolute atomic E-state index is 11.6. The summed E-state index contributed by atoms with van der Waals surface area (Å²) in [6, 6.07) is 0.573. The monoisotopic (exact) mass is 243 g/mol. The van der Waals surface area contributed by atoms with Crippen LogP contribution in [-0.2, 0) is 9.53 Å². The van der Waals surface area contributed by atoms with Crippen LogP contribution in [0.4, 0.5) is 0 Å². The van der Waals surface area contributed by atoms with Crippen molar-refractivity contribution in [1.29, 1.82) is 0 Å². The zero-order valence-electron chi connectivity index (χ0n) is 11.3. The predicted octanol–water partition coefficient (Wildman–Crippen LogP) is 0.500. The molecular weight excluding hydrogens is 218 g/mol. The lowest BCUT2D eigenvalue weighted by molar-refractivity contribution is -0.129. The van der Waals surface area contributed by atoms with Crippen LogP contribution in [0.3, 0.4) is 0 Å². The summed E-state index contributed by atoms with van der Waals surface area (Å²) < 4.78 is 5.66. The molecule has 0 bridgehead atoms. The van der Waals surface area contributed by atoms with Gasteiger partial charge < -0.3 is 4.74 Å². The molecule has 1 saturated heterocycles. The van der Waals surface area contributed by atoms with Crippen molar-refractivity contribution in [2.45, 2.75) is 52.3 Å². The predicted molar refractivity (Wildman–Crippen MR) is 67.2 cm³/mol. The average molecular weight is 243 g/mol. The van der Waals surface area contributed by atoms with Crippen LogP contribution in [0.1, 0.15) is 34.1 Å². The second-order valence-corrected chi connectivity index (χ2v) is 4.94. The number of carbonyl (C=O) groups is 1. The standard InChI is InChI=1S/C12H25N3O2/c1-5-11-7-17-8(2)6-15(11)10(4)9(3)12(16)14-13/h8-11H,5-7,13H2,1-4H3,(H,14,16). The van der Waals surface area contributed by atoms with Gasteiger partial charge in [-0.2, -0.15) is 0 Å². The molecule has 4 unspecified atom stereocenters. The van der Waals surface area contributed by atoms with Crippen molar-refractivity contribution in [3.05, 3.63) is 0 Å². The molecule has 0 aromatic rings. The van der Waals surface area contributed by atoms with Gasteiger partial charge in [-0.05, 0) is 20.3 Å². The molecule has 17 heavy (non-hydrogen) atoms. The van der Waals surface area contributed by atoms with Gasteiger partial charge in [0.15, 0.2) is 0 Å². The molecule has 0 saturated carbocycles. The lowest BCUT2D eigenvalue weighted by Gasteiger charge is -2.43. The SMILES string of the molecule is CCC1COC(C)CN1C(C)C(C)C(=O)NN. The highest BCUT2D eigenvalue weighted by molar-refractivity contribution is 5.78. The van der Waals surface area contributed by atoms with E-state index in [1.807, 2.05) is 6.92 Å². The average Bonchev–Trinajstić information content (AvgIpc) is 2.35. The molecule has 1 aliphatic heterocycles. The molecule has 1 aliphatic rings. The van der Waals surface area contributed by atoms with E-state index in [2.05, 4.69) is 31.1 Å². The Morgan fingerprint density at radius 1 is 1.59 bits per heavy atom. The summed E-state index contributed by atoms with van der Waals surface area (Å²) in [5.41, 5.74) is 2.23. The number of amides is 1. The molecule has 4 atom stereocenters. The highest BCUT2D eigenvalue weighted by Gasteiger charge is 2.33. The Morgan fingerprint density at radius 3 is 2.76 bits per heavy atom. The van der Waals surface area contributed by atoms with E-state index < -0.39 is 0 Å². The van der Waals surface area contributed by atoms with E-state index in [-0.39, 0.29) is 24.0 Å². The first-order valence-electron chi connectivity index (χ1n) is 6.39. The molecule has 0 radical (unpaired) electrons. The fourth-order valence-corrected chi connectivity index (χ4v) is 2.36. The first-order chi connectivity index (χ1) is 8.01. The molecule has 1 heterocycles. The van der Waals surface area contributed by atoms with Gasteiger partial charge >= 0.3 is 0 Å². The van der Waals surface area contributed by atoms with E-state index in [9.17, 15) is 4.79 Å². The Labute approximate surface area is 104 Å². The maximum atomic E-state index is 11.6. The minimum atomic E-state index is -0.112. The first kappa shape index (κ1) is 14.4. The van der Waals surface area contributed by atoms with Crippen LogP contribution in [0.25, 0.3) is 0 Å². The number of hydrogen-bond acceptors (Lipinski definition) is 4. The fourth-order valence-electron chi connectivity index (χ4n) is 2.36. The quantitative estimate of drug-likeness (QED) is 0.429. The molecule has 0 aromatic carbocycles. The van der Waals surface area contributed by atoms with Crippen LogP contribution in [0.2, 0.25) is 0 Å². The highest BCUT2D eigenvalue weighted by Crippen LogP contribution is 2.21. The van der Waals surface area contributed by atoms with Gasteiger partial charge in [0, 0.05) is 18.6 Å². The summed E-state index contributed by atoms with van der Waals surface area (Å²) in [5, 5.41) is 0. The number of nitrogens with zero attached hydrogens (tertiary/aromatic N) is 1. The van der Waals surface area contributed by atoms with E-state index in [4.69, 9.17) is 10.6 Å². The van der Waals surface area contributed by atoms with Gasteiger partial charge in [-0.25, -0.2) is 5.84 Å². The second-order valence-electron chi connectivity index (χ2n) is 4.94. The Balaban J connectivity index is 2.69. The summed E-state index contributed by atoms with van der Waals surface area (Å²) in [6.45, 7) is 9.85. The van der Waals surface area contributed by atoms with Gasteiger partial charge in [0.05, 0.1) is 18.6 Å². The molecule has 0 aromatic heterocycles. The van der Waals surface area contributed by atoms with Crippen LogP contribution in [-0.4, -0.2) is 42.1 Å². The molecule has 3 N–H and O–H groups in total. The molecule has 1 fully saturated rings. The lowest BCUT2D eigenvalue weighted by atomic mass is 9.97. The van der Waals surface area contributed by atoms with Gasteiger partial charge in [0.2, 0.25) is 5.91 Å². The number of carbonyl (C=O) groups excluding carboxylic acids is 1. The second kappa shape index (κ2) is 6.33. The van der Waals surface area contributed by atoms with Crippen molar-refractivity contribution in [3.8, 4) is 0 Å². The van der Waals surface area contributed by atoms with E-state index in [0.717, 1.165) is 19.6 Å². The number of nitrogens with two attached hydrogens (primary N) is 1. The van der Waals surface area contributed by atoms with Crippen molar-refractivity contribution in [3.63, 3.8) is 0 Å². The van der Waals surface area contributed by atoms with E-state index in [1.54, 1.807) is 0 Å². The van der Waals surface area contributed by atoms with E-state index in [1.165, 1.54) is 0 Å². The molecule has 5 heteroatoms. The molecule has 0 aliphatic carbocycles. The maximum Gasteiger partial charge on any atom is 0.238 e. The topological polar surface area (TPSA) is 67.6 Å². The van der Waals surface area contributed by atoms with Crippen LogP contribution in [0.5, 0.6) is 0 Å². The van der Waals surface area contributed by atoms with E-state index >= 15 is 0 Å². The third kappa shape index (κ3) is 3.40. The minimum absolute atomic E-state index is 0.105. The van der Waals surface area contributed by atoms with Crippen LogP contribution >= 0.6 is 0 Å². The summed E-state index contributed by atoms with van der Waals surface area (Å²) >= 11 is 0. The van der Waals surface area contributed by atoms with Crippen molar-refractivity contribution in [2.24, 2.45) is 11.8 Å². The largest absolute Gasteiger partial charge is 0.376 e. The van der Waals surface area contributed by atoms with Crippen molar-refractivity contribution in [1.82, 2.24) is 10.3 Å². The molecule has 100 valence electrons. The lowest BCUT2D eigenvalue weighted by Crippen LogP contribution is -2.56. The number of rotatable bonds is 4. The highest BCUT2D eigenvalue weighted by atomic mass is 16.5. The van der Waals surface area contributed by atoms with E-state index in [0.29, 0.717) is 6.04 Å². The minimum Gasteiger partial charge on any atom is -0.376 e. The Kier molecular flexibility index (Phi) is 5.36. The third-order valence-corrected chi connectivity index (χ3v) is 3.78. The van der Waals surface area contributed by atoms with Gasteiger partial charge in [-0.15, -0.1) is 0 Å². The normalized spacial score (nSPS) is 29.7. The summed E-state index contributed by atoms with van der Waals surface area (Å²) in [4.78, 5) is 13.9. The van der Waals surface area contributed by atoms with Gasteiger partial charge in [-0.1, -0.05) is 13.8 Å². The van der Waals surface area contributed by atoms with Crippen LogP contribution in [0, 0.1) is 5.92 Å². The van der Waals surface area contributed by atoms with Crippen molar-refractivity contribution in [2.75, 3.05) is 13.2 Å². The number of hydrazine groups is 1. The third-order valence-electron chi connectivity index (χ3n) is 3.78. The number of ether oxygens (including phenoxy) is 1. The summed E-state index contributed by atoms with van der Waals surface area (Å²) in [5.74, 6) is 4.98. The van der Waals surface area contributed by atoms with Crippen molar-refractivity contribution < 1.29 is 9.53 Å². The Morgan fingerprint density at radius 2 is 2.24 bits per heavy atom.